The van der Waals surface area contributed by atoms with Crippen LogP contribution in [0, 0.1) is 22.9 Å². The van der Waals surface area contributed by atoms with Crippen LogP contribution in [0.15, 0.2) is 34.8 Å². The van der Waals surface area contributed by atoms with Gasteiger partial charge in [0.2, 0.25) is 5.75 Å². The monoisotopic (exact) mass is 355 g/mol. The molecule has 0 heterocycles. The maximum Gasteiger partial charge on any atom is 0.312 e. The number of aliphatic hydroxyl groups is 1. The number of nitro groups is 1. The molecule has 0 aliphatic carbocycles. The first-order chi connectivity index (χ1) is 9.93. The Bertz CT molecular complexity index is 706. The van der Waals surface area contributed by atoms with Crippen molar-refractivity contribution in [2.24, 2.45) is 0 Å². The molecule has 0 amide bonds. The van der Waals surface area contributed by atoms with Crippen molar-refractivity contribution in [2.45, 2.75) is 13.5 Å². The molecule has 2 aromatic rings. The summed E-state index contributed by atoms with van der Waals surface area (Å²) in [5, 5.41) is 20.3. The van der Waals surface area contributed by atoms with Crippen molar-refractivity contribution in [3.8, 4) is 11.5 Å². The summed E-state index contributed by atoms with van der Waals surface area (Å²) in [4.78, 5) is 10.5. The van der Waals surface area contributed by atoms with Gasteiger partial charge in [-0.1, -0.05) is 28.1 Å². The Kier molecular flexibility index (Phi) is 4.54. The van der Waals surface area contributed by atoms with E-state index in [9.17, 15) is 19.6 Å². The van der Waals surface area contributed by atoms with Gasteiger partial charge in [0.25, 0.3) is 0 Å². The van der Waals surface area contributed by atoms with Gasteiger partial charge in [-0.3, -0.25) is 10.1 Å². The first-order valence-corrected chi connectivity index (χ1v) is 6.74. The third kappa shape index (κ3) is 3.20. The highest BCUT2D eigenvalue weighted by Crippen LogP contribution is 2.39. The first kappa shape index (κ1) is 15.4. The lowest BCUT2D eigenvalue weighted by atomic mass is 10.1. The summed E-state index contributed by atoms with van der Waals surface area (Å²) in [6.07, 6.45) is 0. The number of hydrogen-bond acceptors (Lipinski definition) is 4. The Labute approximate surface area is 128 Å². The molecule has 0 aromatic heterocycles. The Morgan fingerprint density at radius 2 is 2.10 bits per heavy atom. The van der Waals surface area contributed by atoms with Gasteiger partial charge in [0.15, 0.2) is 11.6 Å². The van der Waals surface area contributed by atoms with E-state index in [4.69, 9.17) is 4.74 Å². The third-order valence-electron chi connectivity index (χ3n) is 2.84. The van der Waals surface area contributed by atoms with E-state index in [0.29, 0.717) is 10.0 Å². The number of rotatable bonds is 4. The summed E-state index contributed by atoms with van der Waals surface area (Å²) in [7, 11) is 0. The van der Waals surface area contributed by atoms with Gasteiger partial charge in [-0.2, -0.15) is 0 Å². The lowest BCUT2D eigenvalue weighted by molar-refractivity contribution is -0.385. The van der Waals surface area contributed by atoms with Crippen LogP contribution in [0.4, 0.5) is 10.1 Å². The summed E-state index contributed by atoms with van der Waals surface area (Å²) in [6.45, 7) is 1.18. The van der Waals surface area contributed by atoms with Crippen molar-refractivity contribution in [3.63, 3.8) is 0 Å². The van der Waals surface area contributed by atoms with Crippen molar-refractivity contribution in [2.75, 3.05) is 0 Å². The fourth-order valence-electron chi connectivity index (χ4n) is 1.87. The van der Waals surface area contributed by atoms with Crippen molar-refractivity contribution < 1.29 is 19.2 Å². The molecule has 110 valence electrons. The minimum Gasteiger partial charge on any atom is -0.446 e. The number of para-hydroxylation sites is 1. The Balaban J connectivity index is 2.57. The minimum absolute atomic E-state index is 0.0528. The predicted molar refractivity (Wildman–Crippen MR) is 77.9 cm³/mol. The standard InChI is InChI=1S/C14H11BrFNO4/c1-8-5-10(15)6-12(17(19)20)13(8)21-14-9(7-18)3-2-4-11(14)16/h2-6,18H,7H2,1H3. The van der Waals surface area contributed by atoms with Gasteiger partial charge < -0.3 is 9.84 Å². The molecule has 0 fully saturated rings. The highest BCUT2D eigenvalue weighted by atomic mass is 79.9. The fraction of sp³-hybridized carbons (Fsp3) is 0.143. The van der Waals surface area contributed by atoms with Gasteiger partial charge in [-0.05, 0) is 24.6 Å². The van der Waals surface area contributed by atoms with Gasteiger partial charge in [-0.25, -0.2) is 4.39 Å². The molecule has 7 heteroatoms. The average molecular weight is 356 g/mol. The van der Waals surface area contributed by atoms with Gasteiger partial charge in [0.05, 0.1) is 11.5 Å². The van der Waals surface area contributed by atoms with Crippen LogP contribution in [0.5, 0.6) is 11.5 Å². The zero-order valence-corrected chi connectivity index (χ0v) is 12.6. The van der Waals surface area contributed by atoms with Gasteiger partial charge in [0.1, 0.15) is 0 Å². The number of aryl methyl sites for hydroxylation is 1. The van der Waals surface area contributed by atoms with Crippen LogP contribution in [-0.4, -0.2) is 10.0 Å². The maximum atomic E-state index is 13.9. The lowest BCUT2D eigenvalue weighted by Crippen LogP contribution is -2.00. The van der Waals surface area contributed by atoms with Crippen LogP contribution in [0.3, 0.4) is 0 Å². The van der Waals surface area contributed by atoms with Crippen LogP contribution >= 0.6 is 15.9 Å². The number of nitro benzene ring substituents is 1. The molecule has 2 rings (SSSR count). The normalized spacial score (nSPS) is 10.5. The van der Waals surface area contributed by atoms with Gasteiger partial charge in [-0.15, -0.1) is 0 Å². The molecule has 0 radical (unpaired) electrons. The highest BCUT2D eigenvalue weighted by molar-refractivity contribution is 9.10. The second-order valence-corrected chi connectivity index (χ2v) is 5.23. The van der Waals surface area contributed by atoms with E-state index in [1.54, 1.807) is 13.0 Å². The molecule has 0 spiro atoms. The molecule has 0 unspecified atom stereocenters. The molecule has 0 aliphatic heterocycles. The highest BCUT2D eigenvalue weighted by Gasteiger charge is 2.22. The number of hydrogen-bond donors (Lipinski definition) is 1. The summed E-state index contributed by atoms with van der Waals surface area (Å²) in [5.41, 5.74) is 0.406. The molecule has 5 nitrogen and oxygen atoms in total. The maximum absolute atomic E-state index is 13.9. The number of ether oxygens (including phenoxy) is 1. The Morgan fingerprint density at radius 1 is 1.38 bits per heavy atom. The van der Waals surface area contributed by atoms with E-state index < -0.39 is 17.3 Å². The molecule has 0 saturated carbocycles. The summed E-state index contributed by atoms with van der Waals surface area (Å²) in [6, 6.07) is 6.98. The smallest absolute Gasteiger partial charge is 0.312 e. The predicted octanol–water partition coefficient (Wildman–Crippen LogP) is 4.09. The SMILES string of the molecule is Cc1cc(Br)cc([N+](=O)[O-])c1Oc1c(F)cccc1CO. The van der Waals surface area contributed by atoms with Gasteiger partial charge in [0, 0.05) is 16.1 Å². The average Bonchev–Trinajstić information content (AvgIpc) is 2.42. The minimum atomic E-state index is -0.696. The molecule has 0 aliphatic rings. The first-order valence-electron chi connectivity index (χ1n) is 5.94. The van der Waals surface area contributed by atoms with E-state index in [-0.39, 0.29) is 22.7 Å². The summed E-state index contributed by atoms with van der Waals surface area (Å²) in [5.74, 6) is -0.963. The number of halogens is 2. The van der Waals surface area contributed by atoms with E-state index in [2.05, 4.69) is 15.9 Å². The number of benzene rings is 2. The van der Waals surface area contributed by atoms with Crippen LogP contribution < -0.4 is 4.74 Å². The van der Waals surface area contributed by atoms with E-state index in [1.165, 1.54) is 18.2 Å². The molecular weight excluding hydrogens is 345 g/mol. The third-order valence-corrected chi connectivity index (χ3v) is 3.30. The largest absolute Gasteiger partial charge is 0.446 e. The van der Waals surface area contributed by atoms with Gasteiger partial charge >= 0.3 is 5.69 Å². The Hall–Kier alpha value is -1.99. The molecule has 0 atom stereocenters. The molecular formula is C14H11BrFNO4. The van der Waals surface area contributed by atoms with E-state index in [0.717, 1.165) is 6.07 Å². The topological polar surface area (TPSA) is 72.6 Å². The molecule has 21 heavy (non-hydrogen) atoms. The number of nitrogens with zero attached hydrogens (tertiary/aromatic N) is 1. The van der Waals surface area contributed by atoms with Crippen LogP contribution in [0.1, 0.15) is 11.1 Å². The second-order valence-electron chi connectivity index (χ2n) is 4.32. The zero-order chi connectivity index (χ0) is 15.6. The number of aliphatic hydroxyl groups excluding tert-OH is 1. The second kappa shape index (κ2) is 6.19. The van der Waals surface area contributed by atoms with Crippen molar-refractivity contribution in [1.29, 1.82) is 0 Å². The summed E-state index contributed by atoms with van der Waals surface area (Å²) >= 11 is 3.17. The molecule has 1 N–H and O–H groups in total. The van der Waals surface area contributed by atoms with E-state index in [1.807, 2.05) is 0 Å². The van der Waals surface area contributed by atoms with Crippen LogP contribution in [-0.2, 0) is 6.61 Å². The Morgan fingerprint density at radius 3 is 2.71 bits per heavy atom. The van der Waals surface area contributed by atoms with Crippen molar-refractivity contribution in [1.82, 2.24) is 0 Å². The molecule has 2 aromatic carbocycles. The summed E-state index contributed by atoms with van der Waals surface area (Å²) < 4.78 is 19.8. The molecule has 0 saturated heterocycles. The van der Waals surface area contributed by atoms with Crippen molar-refractivity contribution >= 4 is 21.6 Å². The fourth-order valence-corrected chi connectivity index (χ4v) is 2.44. The van der Waals surface area contributed by atoms with Crippen LogP contribution in [0.2, 0.25) is 0 Å². The van der Waals surface area contributed by atoms with Crippen molar-refractivity contribution in [3.05, 3.63) is 61.9 Å². The zero-order valence-electron chi connectivity index (χ0n) is 11.0. The van der Waals surface area contributed by atoms with Crippen LogP contribution in [0.25, 0.3) is 0 Å². The quantitative estimate of drug-likeness (QED) is 0.662. The molecule has 0 bridgehead atoms. The lowest BCUT2D eigenvalue weighted by Gasteiger charge is -2.13. The van der Waals surface area contributed by atoms with E-state index >= 15 is 0 Å².